The minimum atomic E-state index is -3.46. The number of hydrogen-bond donors (Lipinski definition) is 0. The van der Waals surface area contributed by atoms with E-state index in [1.54, 1.807) is 13.0 Å². The summed E-state index contributed by atoms with van der Waals surface area (Å²) in [5.41, 5.74) is 4.45. The fraction of sp³-hybridized carbons (Fsp3) is 0.235. The standard InChI is InChI=1S/C17H16O4S/c1-10-5-4-6-12-9-22(19,20)15-8-13(17(18)21-3)11(2)7-14(15)16(10)12/h4-8H,9H2,1-3H3. The van der Waals surface area contributed by atoms with E-state index in [0.29, 0.717) is 16.7 Å². The van der Waals surface area contributed by atoms with Crippen LogP contribution in [0.3, 0.4) is 0 Å². The van der Waals surface area contributed by atoms with Gasteiger partial charge in [0.05, 0.1) is 23.3 Å². The highest BCUT2D eigenvalue weighted by Crippen LogP contribution is 2.41. The van der Waals surface area contributed by atoms with Gasteiger partial charge in [-0.15, -0.1) is 0 Å². The molecule has 0 saturated heterocycles. The highest BCUT2D eigenvalue weighted by atomic mass is 32.2. The summed E-state index contributed by atoms with van der Waals surface area (Å²) in [7, 11) is -2.17. The van der Waals surface area contributed by atoms with Crippen LogP contribution >= 0.6 is 0 Å². The zero-order valence-corrected chi connectivity index (χ0v) is 13.5. The molecule has 0 radical (unpaired) electrons. The van der Waals surface area contributed by atoms with Gasteiger partial charge in [-0.3, -0.25) is 0 Å². The van der Waals surface area contributed by atoms with Gasteiger partial charge >= 0.3 is 5.97 Å². The number of rotatable bonds is 1. The summed E-state index contributed by atoms with van der Waals surface area (Å²) < 4.78 is 29.9. The number of sulfone groups is 1. The molecule has 0 aromatic heterocycles. The average Bonchev–Trinajstić information content (AvgIpc) is 2.45. The Hall–Kier alpha value is -2.14. The first-order chi connectivity index (χ1) is 10.3. The molecule has 3 rings (SSSR count). The zero-order valence-electron chi connectivity index (χ0n) is 12.6. The van der Waals surface area contributed by atoms with Crippen molar-refractivity contribution in [1.29, 1.82) is 0 Å². The van der Waals surface area contributed by atoms with Gasteiger partial charge in [-0.2, -0.15) is 0 Å². The molecular formula is C17H16O4S. The van der Waals surface area contributed by atoms with Crippen molar-refractivity contribution in [2.75, 3.05) is 7.11 Å². The molecule has 0 spiro atoms. The monoisotopic (exact) mass is 316 g/mol. The lowest BCUT2D eigenvalue weighted by molar-refractivity contribution is 0.0599. The molecule has 114 valence electrons. The van der Waals surface area contributed by atoms with Crippen LogP contribution in [0.5, 0.6) is 0 Å². The third kappa shape index (κ3) is 2.13. The van der Waals surface area contributed by atoms with Crippen LogP contribution in [0.15, 0.2) is 35.2 Å². The van der Waals surface area contributed by atoms with Gasteiger partial charge in [-0.1, -0.05) is 18.2 Å². The molecule has 4 nitrogen and oxygen atoms in total. The summed E-state index contributed by atoms with van der Waals surface area (Å²) in [5.74, 6) is -0.563. The van der Waals surface area contributed by atoms with Gasteiger partial charge in [0.25, 0.3) is 0 Å². The second kappa shape index (κ2) is 4.95. The molecule has 1 heterocycles. The molecule has 2 aromatic rings. The molecule has 0 N–H and O–H groups in total. The number of aryl methyl sites for hydroxylation is 2. The molecule has 0 saturated carbocycles. The van der Waals surface area contributed by atoms with Crippen LogP contribution in [-0.4, -0.2) is 21.5 Å². The molecule has 0 unspecified atom stereocenters. The Morgan fingerprint density at radius 3 is 2.55 bits per heavy atom. The number of carbonyl (C=O) groups is 1. The molecule has 0 aliphatic carbocycles. The third-order valence-electron chi connectivity index (χ3n) is 4.04. The average molecular weight is 316 g/mol. The van der Waals surface area contributed by atoms with Crippen molar-refractivity contribution in [3.63, 3.8) is 0 Å². The molecule has 0 atom stereocenters. The van der Waals surface area contributed by atoms with Crippen molar-refractivity contribution >= 4 is 15.8 Å². The van der Waals surface area contributed by atoms with Crippen molar-refractivity contribution in [2.45, 2.75) is 24.5 Å². The van der Waals surface area contributed by atoms with Gasteiger partial charge < -0.3 is 4.74 Å². The topological polar surface area (TPSA) is 60.4 Å². The minimum absolute atomic E-state index is 0.0410. The van der Waals surface area contributed by atoms with Crippen LogP contribution in [0.25, 0.3) is 11.1 Å². The van der Waals surface area contributed by atoms with Gasteiger partial charge in [0.1, 0.15) is 0 Å². The molecule has 1 aliphatic rings. The van der Waals surface area contributed by atoms with E-state index < -0.39 is 15.8 Å². The first-order valence-corrected chi connectivity index (χ1v) is 8.55. The van der Waals surface area contributed by atoms with E-state index in [0.717, 1.165) is 16.7 Å². The molecular weight excluding hydrogens is 300 g/mol. The summed E-state index contributed by atoms with van der Waals surface area (Å²) >= 11 is 0. The van der Waals surface area contributed by atoms with Crippen molar-refractivity contribution < 1.29 is 17.9 Å². The van der Waals surface area contributed by atoms with Crippen LogP contribution in [-0.2, 0) is 20.3 Å². The van der Waals surface area contributed by atoms with Gasteiger partial charge in [-0.25, -0.2) is 13.2 Å². The Bertz CT molecular complexity index is 895. The quantitative estimate of drug-likeness (QED) is 0.759. The Labute approximate surface area is 129 Å². The molecule has 0 amide bonds. The highest BCUT2D eigenvalue weighted by Gasteiger charge is 2.30. The summed E-state index contributed by atoms with van der Waals surface area (Å²) in [4.78, 5) is 12.0. The third-order valence-corrected chi connectivity index (χ3v) is 5.74. The Morgan fingerprint density at radius 2 is 1.86 bits per heavy atom. The van der Waals surface area contributed by atoms with Crippen LogP contribution in [0.2, 0.25) is 0 Å². The van der Waals surface area contributed by atoms with E-state index in [1.165, 1.54) is 13.2 Å². The molecule has 22 heavy (non-hydrogen) atoms. The molecule has 0 fully saturated rings. The van der Waals surface area contributed by atoms with Crippen LogP contribution < -0.4 is 0 Å². The van der Waals surface area contributed by atoms with Gasteiger partial charge in [0, 0.05) is 5.56 Å². The van der Waals surface area contributed by atoms with E-state index in [9.17, 15) is 13.2 Å². The summed E-state index contributed by atoms with van der Waals surface area (Å²) in [5, 5.41) is 0. The van der Waals surface area contributed by atoms with Crippen molar-refractivity contribution in [3.8, 4) is 11.1 Å². The first-order valence-electron chi connectivity index (χ1n) is 6.89. The predicted octanol–water partition coefficient (Wildman–Crippen LogP) is 3.04. The normalized spacial score (nSPS) is 14.9. The lowest BCUT2D eigenvalue weighted by atomic mass is 9.93. The molecule has 1 aliphatic heterocycles. The molecule has 2 aromatic carbocycles. The Kier molecular flexibility index (Phi) is 3.33. The molecule has 5 heteroatoms. The van der Waals surface area contributed by atoms with Gasteiger partial charge in [0.15, 0.2) is 9.84 Å². The largest absolute Gasteiger partial charge is 0.465 e. The predicted molar refractivity (Wildman–Crippen MR) is 83.6 cm³/mol. The van der Waals surface area contributed by atoms with Gasteiger partial charge in [-0.05, 0) is 48.2 Å². The minimum Gasteiger partial charge on any atom is -0.465 e. The second-order valence-corrected chi connectivity index (χ2v) is 7.48. The summed E-state index contributed by atoms with van der Waals surface area (Å²) in [6.45, 7) is 3.75. The SMILES string of the molecule is COC(=O)c1cc2c(cc1C)-c1c(C)cccc1CS2(=O)=O. The van der Waals surface area contributed by atoms with E-state index in [1.807, 2.05) is 25.1 Å². The number of methoxy groups -OCH3 is 1. The Balaban J connectivity index is 2.38. The number of carbonyl (C=O) groups excluding carboxylic acids is 1. The fourth-order valence-corrected chi connectivity index (χ4v) is 4.59. The number of fused-ring (bicyclic) bond motifs is 3. The van der Waals surface area contributed by atoms with E-state index in [4.69, 9.17) is 4.74 Å². The van der Waals surface area contributed by atoms with E-state index in [-0.39, 0.29) is 10.6 Å². The maximum absolute atomic E-state index is 12.6. The van der Waals surface area contributed by atoms with E-state index >= 15 is 0 Å². The molecule has 0 bridgehead atoms. The number of esters is 1. The lowest BCUT2D eigenvalue weighted by Gasteiger charge is -2.23. The summed E-state index contributed by atoms with van der Waals surface area (Å²) in [6.07, 6.45) is 0. The summed E-state index contributed by atoms with van der Waals surface area (Å²) in [6, 6.07) is 8.88. The first kappa shape index (κ1) is 14.8. The van der Waals surface area contributed by atoms with Crippen molar-refractivity contribution in [2.24, 2.45) is 0 Å². The maximum atomic E-state index is 12.6. The zero-order chi connectivity index (χ0) is 16.1. The van der Waals surface area contributed by atoms with Crippen molar-refractivity contribution in [3.05, 3.63) is 52.6 Å². The van der Waals surface area contributed by atoms with Crippen molar-refractivity contribution in [1.82, 2.24) is 0 Å². The second-order valence-electron chi connectivity index (χ2n) is 5.52. The highest BCUT2D eigenvalue weighted by molar-refractivity contribution is 7.90. The van der Waals surface area contributed by atoms with E-state index in [2.05, 4.69) is 0 Å². The van der Waals surface area contributed by atoms with Crippen LogP contribution in [0, 0.1) is 13.8 Å². The smallest absolute Gasteiger partial charge is 0.338 e. The number of benzene rings is 2. The van der Waals surface area contributed by atoms with Crippen LogP contribution in [0.1, 0.15) is 27.0 Å². The maximum Gasteiger partial charge on any atom is 0.338 e. The lowest BCUT2D eigenvalue weighted by Crippen LogP contribution is -2.16. The number of ether oxygens (including phenoxy) is 1. The van der Waals surface area contributed by atoms with Gasteiger partial charge in [0.2, 0.25) is 0 Å². The fourth-order valence-electron chi connectivity index (χ4n) is 2.99. The number of hydrogen-bond acceptors (Lipinski definition) is 4. The Morgan fingerprint density at radius 1 is 1.14 bits per heavy atom. The van der Waals surface area contributed by atoms with Crippen LogP contribution in [0.4, 0.5) is 0 Å².